The van der Waals surface area contributed by atoms with Gasteiger partial charge in [0.25, 0.3) is 10.1 Å². The summed E-state index contributed by atoms with van der Waals surface area (Å²) in [5.41, 5.74) is 2.21. The van der Waals surface area contributed by atoms with Crippen molar-refractivity contribution < 1.29 is 31.8 Å². The Morgan fingerprint density at radius 3 is 2.45 bits per heavy atom. The van der Waals surface area contributed by atoms with E-state index in [1.165, 1.54) is 56.9 Å². The van der Waals surface area contributed by atoms with E-state index in [-0.39, 0.29) is 42.0 Å². The van der Waals surface area contributed by atoms with Crippen molar-refractivity contribution in [3.63, 3.8) is 0 Å². The second kappa shape index (κ2) is 15.6. The Balaban J connectivity index is 1.22. The number of allylic oxidation sites excluding steroid dienone is 1. The molecule has 8 unspecified atom stereocenters. The lowest BCUT2D eigenvalue weighted by atomic mass is 9.47. The molecule has 4 aliphatic rings. The number of fused-ring (bicyclic) bond motifs is 5. The van der Waals surface area contributed by atoms with Crippen LogP contribution in [0.4, 0.5) is 0 Å². The smallest absolute Gasteiger partial charge is 0.306 e. The Bertz CT molecular complexity index is 1230. The summed E-state index contributed by atoms with van der Waals surface area (Å²) < 4.78 is 37.3. The molecule has 270 valence electrons. The van der Waals surface area contributed by atoms with Crippen molar-refractivity contribution in [3.8, 4) is 0 Å². The van der Waals surface area contributed by atoms with E-state index in [1.807, 2.05) is 14.1 Å². The molecule has 0 aromatic heterocycles. The Kier molecular flexibility index (Phi) is 12.7. The summed E-state index contributed by atoms with van der Waals surface area (Å²) in [6, 6.07) is 0. The monoisotopic (exact) mass is 679 g/mol. The molecule has 1 amide bonds. The van der Waals surface area contributed by atoms with Crippen LogP contribution in [0.1, 0.15) is 125 Å². The number of amides is 1. The van der Waals surface area contributed by atoms with Crippen LogP contribution in [-0.4, -0.2) is 74.9 Å². The summed E-state index contributed by atoms with van der Waals surface area (Å²) in [6.07, 6.45) is 16.6. The summed E-state index contributed by atoms with van der Waals surface area (Å²) in [5, 5.41) is 2.87. The van der Waals surface area contributed by atoms with Gasteiger partial charge in [0.15, 0.2) is 0 Å². The van der Waals surface area contributed by atoms with Crippen LogP contribution in [0.3, 0.4) is 0 Å². The summed E-state index contributed by atoms with van der Waals surface area (Å²) in [5.74, 6) is 4.12. The van der Waals surface area contributed by atoms with Gasteiger partial charge < -0.3 is 14.5 Å². The van der Waals surface area contributed by atoms with Crippen molar-refractivity contribution in [3.05, 3.63) is 11.6 Å². The Morgan fingerprint density at radius 2 is 1.74 bits per heavy atom. The normalized spacial score (nSPS) is 33.0. The number of ether oxygens (including phenoxy) is 1. The topological polar surface area (TPSA) is 110 Å². The average Bonchev–Trinajstić information content (AvgIpc) is 3.32. The third-order valence-corrected chi connectivity index (χ3v) is 14.1. The minimum atomic E-state index is -3.96. The summed E-state index contributed by atoms with van der Waals surface area (Å²) >= 11 is 0. The summed E-state index contributed by atoms with van der Waals surface area (Å²) in [6.45, 7) is 14.0. The van der Waals surface area contributed by atoms with Crippen molar-refractivity contribution in [2.45, 2.75) is 131 Å². The second-order valence-corrected chi connectivity index (χ2v) is 19.1. The lowest BCUT2D eigenvalue weighted by Crippen LogP contribution is -2.51. The minimum absolute atomic E-state index is 0.0767. The number of nitrogens with zero attached hydrogens (tertiary/aromatic N) is 1. The molecule has 0 aromatic rings. The number of carbonyl (C=O) groups is 2. The predicted octanol–water partition coefficient (Wildman–Crippen LogP) is 7.19. The average molecular weight is 680 g/mol. The van der Waals surface area contributed by atoms with Gasteiger partial charge in [-0.15, -0.1) is 0 Å². The summed E-state index contributed by atoms with van der Waals surface area (Å²) in [4.78, 5) is 25.2. The molecule has 9 heteroatoms. The molecule has 2 N–H and O–H groups in total. The molecule has 3 fully saturated rings. The van der Waals surface area contributed by atoms with E-state index in [2.05, 4.69) is 46.0 Å². The molecule has 8 nitrogen and oxygen atoms in total. The van der Waals surface area contributed by atoms with Gasteiger partial charge in [0, 0.05) is 19.3 Å². The molecule has 47 heavy (non-hydrogen) atoms. The van der Waals surface area contributed by atoms with E-state index >= 15 is 0 Å². The molecule has 0 heterocycles. The fourth-order valence-electron chi connectivity index (χ4n) is 10.6. The highest BCUT2D eigenvalue weighted by atomic mass is 32.2. The van der Waals surface area contributed by atoms with Crippen LogP contribution in [0.2, 0.25) is 0 Å². The number of esters is 1. The molecule has 0 bridgehead atoms. The third-order valence-electron chi connectivity index (χ3n) is 13.3. The Labute approximate surface area is 286 Å². The van der Waals surface area contributed by atoms with Gasteiger partial charge in [-0.1, -0.05) is 65.5 Å². The molecule has 0 spiro atoms. The zero-order chi connectivity index (χ0) is 34.6. The first-order chi connectivity index (χ1) is 21.9. The van der Waals surface area contributed by atoms with Crippen LogP contribution in [-0.2, 0) is 24.4 Å². The van der Waals surface area contributed by atoms with Gasteiger partial charge in [-0.3, -0.25) is 14.1 Å². The minimum Gasteiger partial charge on any atom is -0.462 e. The van der Waals surface area contributed by atoms with Gasteiger partial charge in [-0.2, -0.15) is 8.42 Å². The largest absolute Gasteiger partial charge is 0.462 e. The number of nitrogens with one attached hydrogen (secondary N) is 1. The van der Waals surface area contributed by atoms with E-state index in [1.54, 1.807) is 0 Å². The number of likely N-dealkylation sites (N-methyl/N-ethyl adjacent to an activating group) is 1. The van der Waals surface area contributed by atoms with Crippen LogP contribution in [0, 0.1) is 46.3 Å². The summed E-state index contributed by atoms with van der Waals surface area (Å²) in [7, 11) is -0.0501. The van der Waals surface area contributed by atoms with Gasteiger partial charge in [0.2, 0.25) is 5.91 Å². The van der Waals surface area contributed by atoms with Crippen LogP contribution in [0.25, 0.3) is 0 Å². The number of hydrogen-bond acceptors (Lipinski definition) is 5. The van der Waals surface area contributed by atoms with Crippen LogP contribution < -0.4 is 5.32 Å². The fraction of sp³-hybridized carbons (Fsp3) is 0.895. The van der Waals surface area contributed by atoms with Gasteiger partial charge in [0.05, 0.1) is 45.9 Å². The SMILES string of the molecule is CC(C)CCCC(C)C1CCC2C3CC=C4CC(OC(=O)CCC(=O)NCC[N+](C)(C)CCCS(=O)(=O)O)CCC4(C)C3CCC12C. The Morgan fingerprint density at radius 1 is 1.00 bits per heavy atom. The van der Waals surface area contributed by atoms with Crippen molar-refractivity contribution in [1.29, 1.82) is 0 Å². The van der Waals surface area contributed by atoms with Crippen LogP contribution in [0.15, 0.2) is 11.6 Å². The van der Waals surface area contributed by atoms with E-state index in [9.17, 15) is 18.0 Å². The molecule has 8 atom stereocenters. The molecule has 0 aromatic carbocycles. The van der Waals surface area contributed by atoms with E-state index in [4.69, 9.17) is 9.29 Å². The maximum Gasteiger partial charge on any atom is 0.306 e. The van der Waals surface area contributed by atoms with Gasteiger partial charge in [0.1, 0.15) is 6.10 Å². The van der Waals surface area contributed by atoms with E-state index in [0.717, 1.165) is 54.8 Å². The lowest BCUT2D eigenvalue weighted by Gasteiger charge is -2.58. The zero-order valence-corrected chi connectivity index (χ0v) is 31.5. The molecule has 0 radical (unpaired) electrons. The standard InChI is InChI=1S/C38H66N2O6S/c1-27(2)10-8-11-28(3)32-14-15-33-31-13-12-29-26-30(18-20-37(29,4)34(31)19-21-38(32,33)5)46-36(42)17-16-35(41)39-22-24-40(6,7)23-9-25-47(43,44)45/h12,27-28,30-34H,8-11,13-26H2,1-7H3,(H-,39,41,43,44,45)/p+1. The van der Waals surface area contributed by atoms with Crippen LogP contribution in [0.5, 0.6) is 0 Å². The third kappa shape index (κ3) is 9.84. The first-order valence-electron chi connectivity index (χ1n) is 18.9. The highest BCUT2D eigenvalue weighted by molar-refractivity contribution is 7.85. The maximum absolute atomic E-state index is 12.8. The van der Waals surface area contributed by atoms with Gasteiger partial charge in [-0.05, 0) is 91.3 Å². The van der Waals surface area contributed by atoms with Crippen molar-refractivity contribution in [2.24, 2.45) is 46.3 Å². The fourth-order valence-corrected chi connectivity index (χ4v) is 11.1. The van der Waals surface area contributed by atoms with Crippen LogP contribution >= 0.6 is 0 Å². The molecular formula is C38H67N2O6S+. The second-order valence-electron chi connectivity index (χ2n) is 17.5. The van der Waals surface area contributed by atoms with Crippen molar-refractivity contribution in [2.75, 3.05) is 39.5 Å². The number of quaternary nitrogens is 1. The van der Waals surface area contributed by atoms with Crippen molar-refractivity contribution in [1.82, 2.24) is 5.32 Å². The molecule has 0 saturated heterocycles. The maximum atomic E-state index is 12.8. The van der Waals surface area contributed by atoms with Crippen molar-refractivity contribution >= 4 is 22.0 Å². The van der Waals surface area contributed by atoms with Gasteiger partial charge in [-0.25, -0.2) is 0 Å². The molecule has 4 rings (SSSR count). The number of rotatable bonds is 16. The molecule has 3 saturated carbocycles. The molecule has 4 aliphatic carbocycles. The first kappa shape index (κ1) is 38.4. The molecular weight excluding hydrogens is 612 g/mol. The quantitative estimate of drug-likeness (QED) is 0.0774. The number of carbonyl (C=O) groups excluding carboxylic acids is 2. The van der Waals surface area contributed by atoms with E-state index < -0.39 is 10.1 Å². The lowest BCUT2D eigenvalue weighted by molar-refractivity contribution is -0.889. The van der Waals surface area contributed by atoms with E-state index in [0.29, 0.717) is 36.0 Å². The van der Waals surface area contributed by atoms with Gasteiger partial charge >= 0.3 is 5.97 Å². The predicted molar refractivity (Wildman–Crippen MR) is 188 cm³/mol. The Hall–Kier alpha value is -1.45. The highest BCUT2D eigenvalue weighted by Crippen LogP contribution is 2.67. The first-order valence-corrected chi connectivity index (χ1v) is 20.5. The number of hydrogen-bond donors (Lipinski definition) is 2. The molecule has 0 aliphatic heterocycles. The highest BCUT2D eigenvalue weighted by Gasteiger charge is 2.59. The zero-order valence-electron chi connectivity index (χ0n) is 30.7.